The summed E-state index contributed by atoms with van der Waals surface area (Å²) in [4.78, 5) is 15.3. The first-order chi connectivity index (χ1) is 12.6. The average molecular weight is 430 g/mol. The highest BCUT2D eigenvalue weighted by Crippen LogP contribution is 2.28. The van der Waals surface area contributed by atoms with Gasteiger partial charge in [-0.3, -0.25) is 0 Å². The molecule has 1 unspecified atom stereocenters. The number of hydrogen-bond acceptors (Lipinski definition) is 6. The van der Waals surface area contributed by atoms with Crippen LogP contribution in [0.1, 0.15) is 23.1 Å². The predicted octanol–water partition coefficient (Wildman–Crippen LogP) is 3.56. The molecule has 0 spiro atoms. The number of nitrogens with one attached hydrogen (secondary N) is 2. The van der Waals surface area contributed by atoms with Gasteiger partial charge in [0.25, 0.3) is 0 Å². The Morgan fingerprint density at radius 2 is 1.89 bits per heavy atom. The zero-order valence-corrected chi connectivity index (χ0v) is 16.5. The molecule has 1 aromatic carbocycles. The van der Waals surface area contributed by atoms with Crippen molar-refractivity contribution in [2.24, 2.45) is 0 Å². The van der Waals surface area contributed by atoms with E-state index in [2.05, 4.69) is 25.3 Å². The van der Waals surface area contributed by atoms with Crippen molar-refractivity contribution in [2.75, 3.05) is 11.6 Å². The molecule has 0 saturated heterocycles. The molecule has 2 heterocycles. The molecule has 0 amide bonds. The van der Waals surface area contributed by atoms with E-state index < -0.39 is 21.7 Å². The Morgan fingerprint density at radius 1 is 1.22 bits per heavy atom. The summed E-state index contributed by atoms with van der Waals surface area (Å²) in [5.41, 5.74) is 0.915. The fourth-order valence-electron chi connectivity index (χ4n) is 2.48. The highest BCUT2D eigenvalue weighted by Gasteiger charge is 2.24. The van der Waals surface area contributed by atoms with E-state index in [0.717, 1.165) is 6.26 Å². The van der Waals surface area contributed by atoms with Crippen molar-refractivity contribution in [1.29, 1.82) is 0 Å². The number of hydrogen-bond donors (Lipinski definition) is 2. The lowest BCUT2D eigenvalue weighted by Gasteiger charge is -2.17. The van der Waals surface area contributed by atoms with E-state index in [9.17, 15) is 12.8 Å². The number of H-pyrrole nitrogens is 1. The number of aromatic amines is 1. The van der Waals surface area contributed by atoms with Crippen LogP contribution in [-0.4, -0.2) is 34.6 Å². The molecule has 7 nitrogen and oxygen atoms in total. The van der Waals surface area contributed by atoms with Gasteiger partial charge in [-0.05, 0) is 24.6 Å². The number of sulfone groups is 1. The Balaban J connectivity index is 2.09. The fraction of sp³-hybridized carbons (Fsp3) is 0.188. The smallest absolute Gasteiger partial charge is 0.223 e. The van der Waals surface area contributed by atoms with Gasteiger partial charge in [0.15, 0.2) is 14.9 Å². The molecule has 0 aliphatic rings. The molecule has 1 atom stereocenters. The molecule has 0 aliphatic heterocycles. The van der Waals surface area contributed by atoms with Gasteiger partial charge >= 0.3 is 0 Å². The SMILES string of the molecule is Cc1[nH]c(C(Nc2ncc(Cl)cn2)c2ccc(F)c(Cl)c2)nc1S(C)(=O)=O. The molecule has 0 fully saturated rings. The maximum absolute atomic E-state index is 13.6. The molecule has 2 aromatic heterocycles. The van der Waals surface area contributed by atoms with Gasteiger partial charge in [0.2, 0.25) is 5.95 Å². The van der Waals surface area contributed by atoms with E-state index in [1.54, 1.807) is 6.92 Å². The molecule has 3 aromatic rings. The number of aromatic nitrogens is 4. The van der Waals surface area contributed by atoms with Gasteiger partial charge < -0.3 is 10.3 Å². The summed E-state index contributed by atoms with van der Waals surface area (Å²) in [6, 6.07) is 3.43. The number of nitrogens with zero attached hydrogens (tertiary/aromatic N) is 3. The molecule has 0 saturated carbocycles. The third-order valence-corrected chi connectivity index (χ3v) is 5.24. The highest BCUT2D eigenvalue weighted by molar-refractivity contribution is 7.90. The van der Waals surface area contributed by atoms with Crippen LogP contribution >= 0.6 is 23.2 Å². The molecule has 0 radical (unpaired) electrons. The molecule has 0 aliphatic carbocycles. The van der Waals surface area contributed by atoms with Crippen molar-refractivity contribution in [3.8, 4) is 0 Å². The topological polar surface area (TPSA) is 101 Å². The maximum atomic E-state index is 13.6. The normalized spacial score (nSPS) is 12.8. The van der Waals surface area contributed by atoms with Crippen LogP contribution in [0.3, 0.4) is 0 Å². The van der Waals surface area contributed by atoms with Crippen molar-refractivity contribution < 1.29 is 12.8 Å². The standard InChI is InChI=1S/C16H14Cl2FN5O2S/c1-8-15(27(2,25)26)24-14(22-8)13(9-3-4-12(19)11(18)5-9)23-16-20-6-10(17)7-21-16/h3-7,13H,1-2H3,(H,22,24)(H,20,21,23). The van der Waals surface area contributed by atoms with Crippen LogP contribution in [0.5, 0.6) is 0 Å². The molecule has 2 N–H and O–H groups in total. The Labute approximate surface area is 164 Å². The second kappa shape index (κ2) is 7.41. The summed E-state index contributed by atoms with van der Waals surface area (Å²) in [7, 11) is -3.53. The highest BCUT2D eigenvalue weighted by atomic mass is 35.5. The molecule has 27 heavy (non-hydrogen) atoms. The number of aryl methyl sites for hydroxylation is 1. The van der Waals surface area contributed by atoms with E-state index in [1.165, 1.54) is 30.6 Å². The van der Waals surface area contributed by atoms with E-state index >= 15 is 0 Å². The number of anilines is 1. The largest absolute Gasteiger partial charge is 0.343 e. The Hall–Kier alpha value is -2.23. The molecular weight excluding hydrogens is 416 g/mol. The number of halogens is 3. The molecular formula is C16H14Cl2FN5O2S. The summed E-state index contributed by atoms with van der Waals surface area (Å²) in [6.45, 7) is 1.60. The number of benzene rings is 1. The van der Waals surface area contributed by atoms with E-state index in [1.807, 2.05) is 0 Å². The quantitative estimate of drug-likeness (QED) is 0.642. The maximum Gasteiger partial charge on any atom is 0.223 e. The van der Waals surface area contributed by atoms with Crippen LogP contribution < -0.4 is 5.32 Å². The van der Waals surface area contributed by atoms with Gasteiger partial charge in [0.05, 0.1) is 28.1 Å². The zero-order chi connectivity index (χ0) is 19.8. The second-order valence-electron chi connectivity index (χ2n) is 5.80. The van der Waals surface area contributed by atoms with Crippen LogP contribution in [0.4, 0.5) is 10.3 Å². The van der Waals surface area contributed by atoms with E-state index in [0.29, 0.717) is 16.3 Å². The lowest BCUT2D eigenvalue weighted by molar-refractivity contribution is 0.597. The average Bonchev–Trinajstić information content (AvgIpc) is 2.99. The molecule has 3 rings (SSSR count). The lowest BCUT2D eigenvalue weighted by Crippen LogP contribution is -2.16. The summed E-state index contributed by atoms with van der Waals surface area (Å²) in [5.74, 6) is -0.0664. The van der Waals surface area contributed by atoms with E-state index in [4.69, 9.17) is 23.2 Å². The van der Waals surface area contributed by atoms with Crippen molar-refractivity contribution in [2.45, 2.75) is 18.0 Å². The summed E-state index contributed by atoms with van der Waals surface area (Å²) >= 11 is 11.7. The Kier molecular flexibility index (Phi) is 5.36. The fourth-order valence-corrected chi connectivity index (χ4v) is 3.64. The molecule has 11 heteroatoms. The van der Waals surface area contributed by atoms with Gasteiger partial charge in [0.1, 0.15) is 17.7 Å². The van der Waals surface area contributed by atoms with Crippen molar-refractivity contribution in [3.63, 3.8) is 0 Å². The molecule has 0 bridgehead atoms. The predicted molar refractivity (Wildman–Crippen MR) is 100 cm³/mol. The Bertz CT molecular complexity index is 1090. The van der Waals surface area contributed by atoms with Gasteiger partial charge in [-0.25, -0.2) is 27.8 Å². The van der Waals surface area contributed by atoms with Crippen molar-refractivity contribution in [3.05, 3.63) is 63.5 Å². The minimum atomic E-state index is -3.53. The van der Waals surface area contributed by atoms with Crippen LogP contribution in [-0.2, 0) is 9.84 Å². The minimum Gasteiger partial charge on any atom is -0.343 e. The number of imidazole rings is 1. The minimum absolute atomic E-state index is 0.0745. The van der Waals surface area contributed by atoms with E-state index in [-0.39, 0.29) is 21.8 Å². The summed E-state index contributed by atoms with van der Waals surface area (Å²) in [5, 5.41) is 3.23. The summed E-state index contributed by atoms with van der Waals surface area (Å²) in [6.07, 6.45) is 3.88. The summed E-state index contributed by atoms with van der Waals surface area (Å²) < 4.78 is 37.4. The first-order valence-electron chi connectivity index (χ1n) is 7.60. The van der Waals surface area contributed by atoms with Gasteiger partial charge in [-0.15, -0.1) is 0 Å². The Morgan fingerprint density at radius 3 is 2.44 bits per heavy atom. The van der Waals surface area contributed by atoms with Crippen LogP contribution in [0, 0.1) is 12.7 Å². The van der Waals surface area contributed by atoms with Crippen molar-refractivity contribution >= 4 is 39.0 Å². The van der Waals surface area contributed by atoms with Gasteiger partial charge in [-0.1, -0.05) is 29.3 Å². The zero-order valence-electron chi connectivity index (χ0n) is 14.2. The van der Waals surface area contributed by atoms with Crippen molar-refractivity contribution in [1.82, 2.24) is 19.9 Å². The first-order valence-corrected chi connectivity index (χ1v) is 10.3. The third-order valence-electron chi connectivity index (χ3n) is 3.65. The number of rotatable bonds is 5. The van der Waals surface area contributed by atoms with Gasteiger partial charge in [-0.2, -0.15) is 0 Å². The van der Waals surface area contributed by atoms with Crippen LogP contribution in [0.15, 0.2) is 35.6 Å². The third kappa shape index (κ3) is 4.37. The molecule has 142 valence electrons. The van der Waals surface area contributed by atoms with Crippen LogP contribution in [0.2, 0.25) is 10.0 Å². The lowest BCUT2D eigenvalue weighted by atomic mass is 10.1. The first kappa shape index (κ1) is 19.5. The second-order valence-corrected chi connectivity index (χ2v) is 8.57. The van der Waals surface area contributed by atoms with Gasteiger partial charge in [0, 0.05) is 6.26 Å². The van der Waals surface area contributed by atoms with Crippen LogP contribution in [0.25, 0.3) is 0 Å². The monoisotopic (exact) mass is 429 g/mol.